The zero-order chi connectivity index (χ0) is 19.9. The monoisotopic (exact) mass is 396 g/mol. The van der Waals surface area contributed by atoms with Crippen molar-refractivity contribution in [1.29, 1.82) is 0 Å². The number of hydrogen-bond donors (Lipinski definition) is 0. The van der Waals surface area contributed by atoms with Crippen molar-refractivity contribution in [3.8, 4) is 29.6 Å². The van der Waals surface area contributed by atoms with Crippen molar-refractivity contribution in [2.45, 2.75) is 13.5 Å². The van der Waals surface area contributed by atoms with Crippen LogP contribution in [0.2, 0.25) is 0 Å². The molecule has 0 fully saturated rings. The van der Waals surface area contributed by atoms with Crippen molar-refractivity contribution in [3.63, 3.8) is 0 Å². The zero-order valence-corrected chi connectivity index (χ0v) is 16.5. The zero-order valence-electron chi connectivity index (χ0n) is 15.7. The first-order valence-corrected chi connectivity index (χ1v) is 9.51. The summed E-state index contributed by atoms with van der Waals surface area (Å²) in [7, 11) is 1.55. The molecule has 3 rings (SSSR count). The third kappa shape index (κ3) is 4.35. The number of carbonyl (C=O) groups excluding carboxylic acids is 1. The van der Waals surface area contributed by atoms with E-state index in [0.29, 0.717) is 29.5 Å². The van der Waals surface area contributed by atoms with Crippen LogP contribution in [0.25, 0.3) is 10.2 Å². The highest BCUT2D eigenvalue weighted by Crippen LogP contribution is 2.26. The van der Waals surface area contributed by atoms with E-state index in [-0.39, 0.29) is 6.61 Å². The molecular weight excluding hydrogens is 376 g/mol. The lowest BCUT2D eigenvalue weighted by Gasteiger charge is -2.08. The first-order chi connectivity index (χ1) is 13.7. The van der Waals surface area contributed by atoms with E-state index in [2.05, 4.69) is 10.9 Å². The van der Waals surface area contributed by atoms with Crippen LogP contribution in [-0.2, 0) is 11.3 Å². The molecule has 1 amide bonds. The predicted octanol–water partition coefficient (Wildman–Crippen LogP) is 3.25. The number of amides is 1. The van der Waals surface area contributed by atoms with Gasteiger partial charge in [0.05, 0.1) is 30.5 Å². The number of aromatic nitrogens is 1. The molecule has 0 N–H and O–H groups in total. The minimum absolute atomic E-state index is 0.200. The molecule has 7 heteroatoms. The summed E-state index contributed by atoms with van der Waals surface area (Å²) in [5.41, 5.74) is 0.906. The normalized spacial score (nSPS) is 11.2. The lowest BCUT2D eigenvalue weighted by molar-refractivity contribution is -0.120. The van der Waals surface area contributed by atoms with E-state index < -0.39 is 5.91 Å². The third-order valence-electron chi connectivity index (χ3n) is 3.86. The fraction of sp³-hybridized carbons (Fsp3) is 0.238. The number of terminal acetylenes is 1. The second-order valence-corrected chi connectivity index (χ2v) is 6.69. The molecule has 0 spiro atoms. The summed E-state index contributed by atoms with van der Waals surface area (Å²) in [6.07, 6.45) is 5.50. The molecule has 28 heavy (non-hydrogen) atoms. The standard InChI is InChI=1S/C21H20N2O4S/c1-4-12-23-16-11-10-15(26-5-2)13-19(16)28-21(23)22-20(24)14-27-18-9-7-6-8-17(18)25-3/h1,6-11,13H,5,12,14H2,2-3H3. The van der Waals surface area contributed by atoms with Gasteiger partial charge in [-0.05, 0) is 37.3 Å². The minimum Gasteiger partial charge on any atom is -0.494 e. The Balaban J connectivity index is 1.88. The molecule has 2 aromatic carbocycles. The van der Waals surface area contributed by atoms with E-state index in [0.717, 1.165) is 16.0 Å². The summed E-state index contributed by atoms with van der Waals surface area (Å²) in [5.74, 6) is 4.01. The maximum Gasteiger partial charge on any atom is 0.286 e. The van der Waals surface area contributed by atoms with E-state index in [1.54, 1.807) is 19.2 Å². The van der Waals surface area contributed by atoms with Gasteiger partial charge in [-0.15, -0.1) is 6.42 Å². The number of methoxy groups -OCH3 is 1. The van der Waals surface area contributed by atoms with Crippen molar-refractivity contribution < 1.29 is 19.0 Å². The van der Waals surface area contributed by atoms with E-state index in [4.69, 9.17) is 20.6 Å². The molecule has 3 aromatic rings. The predicted molar refractivity (Wildman–Crippen MR) is 109 cm³/mol. The summed E-state index contributed by atoms with van der Waals surface area (Å²) in [6, 6.07) is 12.9. The molecule has 0 atom stereocenters. The van der Waals surface area contributed by atoms with E-state index >= 15 is 0 Å². The summed E-state index contributed by atoms with van der Waals surface area (Å²) < 4.78 is 19.1. The average molecular weight is 396 g/mol. The lowest BCUT2D eigenvalue weighted by atomic mass is 10.3. The Hall–Kier alpha value is -3.24. The molecule has 0 saturated heterocycles. The molecule has 0 aliphatic carbocycles. The van der Waals surface area contributed by atoms with Crippen LogP contribution in [0, 0.1) is 12.3 Å². The summed E-state index contributed by atoms with van der Waals surface area (Å²) in [4.78, 5) is 17.1. The molecule has 1 heterocycles. The molecule has 1 aromatic heterocycles. The van der Waals surface area contributed by atoms with E-state index in [1.165, 1.54) is 11.3 Å². The van der Waals surface area contributed by atoms with Crippen LogP contribution < -0.4 is 19.0 Å². The molecule has 0 aliphatic rings. The molecule has 0 bridgehead atoms. The first kappa shape index (κ1) is 19.5. The quantitative estimate of drug-likeness (QED) is 0.575. The van der Waals surface area contributed by atoms with Crippen LogP contribution in [-0.4, -0.2) is 30.8 Å². The summed E-state index contributed by atoms with van der Waals surface area (Å²) >= 11 is 1.38. The van der Waals surface area contributed by atoms with Crippen LogP contribution in [0.4, 0.5) is 0 Å². The van der Waals surface area contributed by atoms with Gasteiger partial charge in [0.25, 0.3) is 5.91 Å². The Morgan fingerprint density at radius 2 is 2.00 bits per heavy atom. The van der Waals surface area contributed by atoms with Gasteiger partial charge in [-0.25, -0.2) is 0 Å². The number of thiazole rings is 1. The van der Waals surface area contributed by atoms with Crippen molar-refractivity contribution in [1.82, 2.24) is 4.57 Å². The minimum atomic E-state index is -0.409. The molecule has 0 unspecified atom stereocenters. The van der Waals surface area contributed by atoms with E-state index in [1.807, 2.05) is 41.8 Å². The largest absolute Gasteiger partial charge is 0.494 e. The maximum absolute atomic E-state index is 12.4. The maximum atomic E-state index is 12.4. The highest BCUT2D eigenvalue weighted by atomic mass is 32.1. The van der Waals surface area contributed by atoms with Gasteiger partial charge in [-0.3, -0.25) is 4.79 Å². The van der Waals surface area contributed by atoms with Gasteiger partial charge in [0.1, 0.15) is 5.75 Å². The van der Waals surface area contributed by atoms with Crippen LogP contribution >= 0.6 is 11.3 Å². The second kappa shape index (κ2) is 9.11. The third-order valence-corrected chi connectivity index (χ3v) is 4.90. The first-order valence-electron chi connectivity index (χ1n) is 8.69. The number of carbonyl (C=O) groups is 1. The Morgan fingerprint density at radius 3 is 2.71 bits per heavy atom. The number of fused-ring (bicyclic) bond motifs is 1. The van der Waals surface area contributed by atoms with Gasteiger partial charge in [0.2, 0.25) is 0 Å². The van der Waals surface area contributed by atoms with Gasteiger partial charge >= 0.3 is 0 Å². The fourth-order valence-electron chi connectivity index (χ4n) is 2.66. The van der Waals surface area contributed by atoms with Crippen molar-refractivity contribution in [3.05, 3.63) is 47.3 Å². The molecule has 144 valence electrons. The highest BCUT2D eigenvalue weighted by Gasteiger charge is 2.10. The van der Waals surface area contributed by atoms with Gasteiger partial charge in [0.15, 0.2) is 22.9 Å². The van der Waals surface area contributed by atoms with Gasteiger partial charge < -0.3 is 18.8 Å². The Kier molecular flexibility index (Phi) is 6.35. The molecule has 0 saturated carbocycles. The number of rotatable bonds is 7. The van der Waals surface area contributed by atoms with Gasteiger partial charge in [0, 0.05) is 0 Å². The van der Waals surface area contributed by atoms with Gasteiger partial charge in [-0.2, -0.15) is 4.99 Å². The SMILES string of the molecule is C#CCn1c(=NC(=O)COc2ccccc2OC)sc2cc(OCC)ccc21. The van der Waals surface area contributed by atoms with Crippen molar-refractivity contribution >= 4 is 27.5 Å². The average Bonchev–Trinajstić information content (AvgIpc) is 3.03. The molecule has 0 aliphatic heterocycles. The number of hydrogen-bond acceptors (Lipinski definition) is 5. The van der Waals surface area contributed by atoms with Gasteiger partial charge in [-0.1, -0.05) is 29.4 Å². The molecule has 0 radical (unpaired) electrons. The number of benzene rings is 2. The Labute approximate surface area is 167 Å². The molecule has 6 nitrogen and oxygen atoms in total. The van der Waals surface area contributed by atoms with Crippen LogP contribution in [0.1, 0.15) is 6.92 Å². The topological polar surface area (TPSA) is 62.1 Å². The highest BCUT2D eigenvalue weighted by molar-refractivity contribution is 7.16. The Bertz CT molecular complexity index is 1090. The van der Waals surface area contributed by atoms with Crippen LogP contribution in [0.5, 0.6) is 17.2 Å². The fourth-order valence-corrected chi connectivity index (χ4v) is 3.73. The van der Waals surface area contributed by atoms with Crippen molar-refractivity contribution in [2.75, 3.05) is 20.3 Å². The number of para-hydroxylation sites is 2. The second-order valence-electron chi connectivity index (χ2n) is 5.68. The smallest absolute Gasteiger partial charge is 0.286 e. The van der Waals surface area contributed by atoms with Crippen LogP contribution in [0.15, 0.2) is 47.5 Å². The molecular formula is C21H20N2O4S. The lowest BCUT2D eigenvalue weighted by Crippen LogP contribution is -2.19. The van der Waals surface area contributed by atoms with Crippen LogP contribution in [0.3, 0.4) is 0 Å². The van der Waals surface area contributed by atoms with E-state index in [9.17, 15) is 4.79 Å². The van der Waals surface area contributed by atoms with Crippen molar-refractivity contribution in [2.24, 2.45) is 4.99 Å². The number of ether oxygens (including phenoxy) is 3. The Morgan fingerprint density at radius 1 is 1.21 bits per heavy atom. The summed E-state index contributed by atoms with van der Waals surface area (Å²) in [5, 5.41) is 0. The summed E-state index contributed by atoms with van der Waals surface area (Å²) in [6.45, 7) is 2.62. The number of nitrogens with zero attached hydrogens (tertiary/aromatic N) is 2.